The third kappa shape index (κ3) is 3.05. The van der Waals surface area contributed by atoms with Gasteiger partial charge in [-0.2, -0.15) is 5.10 Å². The number of halogens is 1. The van der Waals surface area contributed by atoms with Crippen LogP contribution in [-0.4, -0.2) is 37.1 Å². The van der Waals surface area contributed by atoms with Gasteiger partial charge in [-0.15, -0.1) is 0 Å². The third-order valence-electron chi connectivity index (χ3n) is 5.54. The van der Waals surface area contributed by atoms with Gasteiger partial charge in [0, 0.05) is 18.0 Å². The van der Waals surface area contributed by atoms with Gasteiger partial charge in [0.05, 0.1) is 23.3 Å². The summed E-state index contributed by atoms with van der Waals surface area (Å²) in [5.74, 6) is 0.292. The average Bonchev–Trinajstić information content (AvgIpc) is 3.25. The summed E-state index contributed by atoms with van der Waals surface area (Å²) in [5, 5.41) is 8.00. The lowest BCUT2D eigenvalue weighted by atomic mass is 9.93. The summed E-state index contributed by atoms with van der Waals surface area (Å²) in [6, 6.07) is 3.48. The number of piperidine rings is 1. The fourth-order valence-electron chi connectivity index (χ4n) is 4.11. The zero-order valence-electron chi connectivity index (χ0n) is 16.1. The van der Waals surface area contributed by atoms with Gasteiger partial charge in [0.1, 0.15) is 0 Å². The minimum Gasteiger partial charge on any atom is -0.317 e. The summed E-state index contributed by atoms with van der Waals surface area (Å²) < 4.78 is 18.4. The van der Waals surface area contributed by atoms with E-state index in [0.29, 0.717) is 11.6 Å². The molecule has 4 aromatic heterocycles. The molecule has 1 N–H and O–H groups in total. The predicted molar refractivity (Wildman–Crippen MR) is 106 cm³/mol. The van der Waals surface area contributed by atoms with Gasteiger partial charge in [-0.25, -0.2) is 18.9 Å². The maximum Gasteiger partial charge on any atom is 0.173 e. The molecule has 1 aliphatic rings. The van der Waals surface area contributed by atoms with Crippen LogP contribution in [0.1, 0.15) is 29.8 Å². The van der Waals surface area contributed by atoms with Crippen molar-refractivity contribution < 1.29 is 4.39 Å². The molecule has 0 saturated carbocycles. The second-order valence-electron chi connectivity index (χ2n) is 7.80. The molecule has 1 aliphatic heterocycles. The molecule has 0 amide bonds. The number of nitrogens with one attached hydrogen (secondary N) is 1. The van der Waals surface area contributed by atoms with E-state index in [4.69, 9.17) is 0 Å². The molecule has 144 valence electrons. The lowest BCUT2D eigenvalue weighted by molar-refractivity contribution is 0.370. The lowest BCUT2D eigenvalue weighted by Gasteiger charge is -2.21. The van der Waals surface area contributed by atoms with Crippen LogP contribution in [0.15, 0.2) is 30.7 Å². The van der Waals surface area contributed by atoms with E-state index in [1.807, 2.05) is 38.5 Å². The first kappa shape index (κ1) is 17.3. The normalized spacial score (nSPS) is 15.7. The van der Waals surface area contributed by atoms with Crippen LogP contribution in [-0.2, 0) is 6.42 Å². The quantitative estimate of drug-likeness (QED) is 0.594. The summed E-state index contributed by atoms with van der Waals surface area (Å²) in [4.78, 5) is 9.02. The highest BCUT2D eigenvalue weighted by atomic mass is 19.1. The molecule has 0 aliphatic carbocycles. The third-order valence-corrected chi connectivity index (χ3v) is 5.54. The minimum absolute atomic E-state index is 0.324. The molecule has 5 rings (SSSR count). The van der Waals surface area contributed by atoms with Crippen LogP contribution in [0.2, 0.25) is 0 Å². The Hall–Kier alpha value is -2.80. The predicted octanol–water partition coefficient (Wildman–Crippen LogP) is 3.34. The average molecular weight is 378 g/mol. The molecule has 0 aromatic carbocycles. The Morgan fingerprint density at radius 2 is 1.89 bits per heavy atom. The van der Waals surface area contributed by atoms with Crippen LogP contribution in [0, 0.1) is 25.6 Å². The second kappa shape index (κ2) is 6.67. The van der Waals surface area contributed by atoms with Crippen molar-refractivity contribution in [3.05, 3.63) is 53.5 Å². The molecule has 1 fully saturated rings. The van der Waals surface area contributed by atoms with Gasteiger partial charge in [0.2, 0.25) is 0 Å². The molecule has 5 heterocycles. The number of aryl methyl sites for hydroxylation is 2. The largest absolute Gasteiger partial charge is 0.317 e. The molecular weight excluding hydrogens is 355 g/mol. The summed E-state index contributed by atoms with van der Waals surface area (Å²) in [5.41, 5.74) is 5.53. The first-order valence-corrected chi connectivity index (χ1v) is 9.78. The molecule has 0 unspecified atom stereocenters. The summed E-state index contributed by atoms with van der Waals surface area (Å²) in [6.07, 6.45) is 8.94. The smallest absolute Gasteiger partial charge is 0.173 e. The molecule has 4 aromatic rings. The van der Waals surface area contributed by atoms with Gasteiger partial charge in [0.15, 0.2) is 17.1 Å². The van der Waals surface area contributed by atoms with E-state index in [1.54, 1.807) is 8.92 Å². The second-order valence-corrected chi connectivity index (χ2v) is 7.80. The molecule has 0 atom stereocenters. The summed E-state index contributed by atoms with van der Waals surface area (Å²) >= 11 is 0. The van der Waals surface area contributed by atoms with Crippen LogP contribution >= 0.6 is 0 Å². The molecule has 0 spiro atoms. The van der Waals surface area contributed by atoms with Crippen molar-refractivity contribution in [1.29, 1.82) is 0 Å². The number of rotatable bonds is 3. The van der Waals surface area contributed by atoms with E-state index in [2.05, 4.69) is 20.4 Å². The fraction of sp³-hybridized carbons (Fsp3) is 0.381. The lowest BCUT2D eigenvalue weighted by Crippen LogP contribution is -2.28. The van der Waals surface area contributed by atoms with Crippen molar-refractivity contribution in [1.82, 2.24) is 29.3 Å². The highest BCUT2D eigenvalue weighted by Crippen LogP contribution is 2.24. The monoisotopic (exact) mass is 378 g/mol. The number of pyridine rings is 1. The Morgan fingerprint density at radius 1 is 1.07 bits per heavy atom. The topological polar surface area (TPSA) is 59.5 Å². The van der Waals surface area contributed by atoms with Crippen molar-refractivity contribution in [2.45, 2.75) is 33.1 Å². The number of aromatic nitrogens is 5. The molecule has 1 saturated heterocycles. The summed E-state index contributed by atoms with van der Waals surface area (Å²) in [7, 11) is 0. The molecule has 7 heteroatoms. The van der Waals surface area contributed by atoms with Crippen LogP contribution in [0.3, 0.4) is 0 Å². The number of hydrogen-bond acceptors (Lipinski definition) is 4. The molecule has 0 radical (unpaired) electrons. The summed E-state index contributed by atoms with van der Waals surface area (Å²) in [6.45, 7) is 6.04. The van der Waals surface area contributed by atoms with Crippen LogP contribution in [0.4, 0.5) is 4.39 Å². The molecule has 0 bridgehead atoms. The molecule has 6 nitrogen and oxygen atoms in total. The fourth-order valence-corrected chi connectivity index (χ4v) is 4.11. The van der Waals surface area contributed by atoms with Gasteiger partial charge < -0.3 is 9.72 Å². The van der Waals surface area contributed by atoms with Crippen LogP contribution in [0.5, 0.6) is 0 Å². The Balaban J connectivity index is 1.53. The minimum atomic E-state index is -0.324. The van der Waals surface area contributed by atoms with Crippen molar-refractivity contribution in [3.8, 4) is 11.3 Å². The number of fused-ring (bicyclic) bond motifs is 2. The van der Waals surface area contributed by atoms with Gasteiger partial charge in [-0.3, -0.25) is 0 Å². The zero-order valence-corrected chi connectivity index (χ0v) is 16.1. The highest BCUT2D eigenvalue weighted by molar-refractivity contribution is 5.64. The van der Waals surface area contributed by atoms with E-state index in [0.717, 1.165) is 66.2 Å². The molecule has 28 heavy (non-hydrogen) atoms. The number of nitrogens with zero attached hydrogens (tertiary/aromatic N) is 5. The Morgan fingerprint density at radius 3 is 2.71 bits per heavy atom. The highest BCUT2D eigenvalue weighted by Gasteiger charge is 2.17. The van der Waals surface area contributed by atoms with Crippen molar-refractivity contribution >= 4 is 11.3 Å². The first-order valence-electron chi connectivity index (χ1n) is 9.78. The van der Waals surface area contributed by atoms with Gasteiger partial charge >= 0.3 is 0 Å². The van der Waals surface area contributed by atoms with Crippen LogP contribution in [0.25, 0.3) is 22.6 Å². The Labute approximate surface area is 162 Å². The van der Waals surface area contributed by atoms with E-state index in [1.165, 1.54) is 6.07 Å². The Kier molecular flexibility index (Phi) is 4.12. The molecular formula is C21H23FN6. The van der Waals surface area contributed by atoms with E-state index in [-0.39, 0.29) is 5.82 Å². The van der Waals surface area contributed by atoms with Gasteiger partial charge in [-0.1, -0.05) is 0 Å². The van der Waals surface area contributed by atoms with E-state index < -0.39 is 0 Å². The van der Waals surface area contributed by atoms with Crippen molar-refractivity contribution in [2.75, 3.05) is 13.1 Å². The first-order chi connectivity index (χ1) is 13.6. The van der Waals surface area contributed by atoms with Crippen molar-refractivity contribution in [2.24, 2.45) is 5.92 Å². The Bertz CT molecular complexity index is 1170. The van der Waals surface area contributed by atoms with Gasteiger partial charge in [0.25, 0.3) is 0 Å². The standard InChI is InChI=1S/C21H23FN6/c1-13-7-19(26-28-10-14(2)24-20(13)28)16-9-18(22)21-25-17(12-27(21)11-16)8-15-3-5-23-6-4-15/h7,9-12,15,23H,3-6,8H2,1-2H3. The van der Waals surface area contributed by atoms with Crippen molar-refractivity contribution in [3.63, 3.8) is 0 Å². The SMILES string of the molecule is Cc1cn2nc(-c3cc(F)c4nc(CC5CCNCC5)cn4c3)cc(C)c2n1. The zero-order chi connectivity index (χ0) is 19.3. The van der Waals surface area contributed by atoms with E-state index >= 15 is 0 Å². The maximum atomic E-state index is 14.8. The number of imidazole rings is 2. The van der Waals surface area contributed by atoms with Gasteiger partial charge in [-0.05, 0) is 69.8 Å². The number of hydrogen-bond donors (Lipinski definition) is 1. The maximum absolute atomic E-state index is 14.8. The van der Waals surface area contributed by atoms with E-state index in [9.17, 15) is 4.39 Å². The van der Waals surface area contributed by atoms with Crippen LogP contribution < -0.4 is 5.32 Å².